The molecule has 2 N–H and O–H groups in total. The smallest absolute Gasteiger partial charge is 0.526 e. The first-order valence-electron chi connectivity index (χ1n) is 6.09. The molecule has 6 heteroatoms. The highest BCUT2D eigenvalue weighted by molar-refractivity contribution is 6.46. The molecule has 0 bridgehead atoms. The molecule has 0 aliphatic carbocycles. The third kappa shape index (κ3) is 2.79. The number of benzene rings is 1. The summed E-state index contributed by atoms with van der Waals surface area (Å²) in [6.07, 6.45) is 0.662. The van der Waals surface area contributed by atoms with Crippen LogP contribution in [0.3, 0.4) is 0 Å². The molecule has 0 unspecified atom stereocenters. The van der Waals surface area contributed by atoms with Crippen LogP contribution in [0.1, 0.15) is 34.8 Å². The van der Waals surface area contributed by atoms with Gasteiger partial charge < -0.3 is 19.6 Å². The lowest BCUT2D eigenvalue weighted by atomic mass is 9.64. The third-order valence-electron chi connectivity index (χ3n) is 3.21. The Morgan fingerprint density at radius 2 is 2.16 bits per heavy atom. The number of rotatable bonds is 3. The predicted molar refractivity (Wildman–Crippen MR) is 69.5 cm³/mol. The normalized spacial score (nSPS) is 17.6. The number of hydrogen-bond donors (Lipinski definition) is 2. The lowest BCUT2D eigenvalue weighted by Gasteiger charge is -2.28. The van der Waals surface area contributed by atoms with Gasteiger partial charge in [-0.15, -0.1) is 0 Å². The number of carboxylic acid groups (broad SMARTS) is 1. The molecule has 1 atom stereocenters. The first-order chi connectivity index (χ1) is 8.88. The summed E-state index contributed by atoms with van der Waals surface area (Å²) in [5.74, 6) is -1.22. The number of aryl methyl sites for hydroxylation is 1. The molecule has 0 spiro atoms. The maximum atomic E-state index is 11.2. The van der Waals surface area contributed by atoms with Gasteiger partial charge in [-0.2, -0.15) is 0 Å². The van der Waals surface area contributed by atoms with E-state index in [-0.39, 0.29) is 29.3 Å². The minimum absolute atomic E-state index is 0.0257. The van der Waals surface area contributed by atoms with Crippen molar-refractivity contribution in [1.82, 2.24) is 0 Å². The summed E-state index contributed by atoms with van der Waals surface area (Å²) in [7, 11) is -1.14. The van der Waals surface area contributed by atoms with Crippen LogP contribution in [0.2, 0.25) is 5.82 Å². The van der Waals surface area contributed by atoms with Crippen molar-refractivity contribution in [3.63, 3.8) is 0 Å². The van der Waals surface area contributed by atoms with E-state index in [9.17, 15) is 14.6 Å². The summed E-state index contributed by atoms with van der Waals surface area (Å²) < 4.78 is 5.32. The molecule has 1 aromatic carbocycles. The zero-order valence-electron chi connectivity index (χ0n) is 10.8. The minimum Gasteiger partial charge on any atom is -0.535 e. The van der Waals surface area contributed by atoms with Gasteiger partial charge in [0.2, 0.25) is 0 Å². The lowest BCUT2D eigenvalue weighted by molar-refractivity contribution is -0.117. The number of carbonyl (C=O) groups excluding carboxylic acids is 1. The van der Waals surface area contributed by atoms with Gasteiger partial charge in [0.1, 0.15) is 17.1 Å². The molecule has 0 saturated carbocycles. The molecular formula is C13H15BO5. The van der Waals surface area contributed by atoms with Crippen molar-refractivity contribution in [2.24, 2.45) is 0 Å². The van der Waals surface area contributed by atoms with Crippen LogP contribution in [-0.4, -0.2) is 29.0 Å². The number of aromatic carboxylic acids is 1. The zero-order chi connectivity index (χ0) is 14.2. The number of Topliss-reactive ketones (excluding diaryl/α,β-unsaturated/α-hetero) is 1. The number of carbonyl (C=O) groups is 2. The number of ketones is 1. The molecule has 0 saturated heterocycles. The standard InChI is InChI=1S/C13H15BO5/c1-7-3-9-6-10(5-8(2)15)14(18)19-12(9)11(4-7)13(16)17/h3-4,10,18H,5-6H2,1-2H3,(H,16,17)/t10-/m0/s1. The van der Waals surface area contributed by atoms with Gasteiger partial charge in [-0.3, -0.25) is 0 Å². The minimum atomic E-state index is -1.14. The first kappa shape index (κ1) is 13.6. The van der Waals surface area contributed by atoms with E-state index < -0.39 is 13.1 Å². The molecular weight excluding hydrogens is 247 g/mol. The highest BCUT2D eigenvalue weighted by Gasteiger charge is 2.37. The van der Waals surface area contributed by atoms with Gasteiger partial charge in [0.05, 0.1) is 0 Å². The van der Waals surface area contributed by atoms with Crippen molar-refractivity contribution < 1.29 is 24.4 Å². The number of carboxylic acids is 1. The van der Waals surface area contributed by atoms with E-state index in [4.69, 9.17) is 9.76 Å². The average Bonchev–Trinajstić information content (AvgIpc) is 2.29. The van der Waals surface area contributed by atoms with Crippen LogP contribution in [0.5, 0.6) is 5.75 Å². The molecule has 1 heterocycles. The van der Waals surface area contributed by atoms with Gasteiger partial charge in [-0.05, 0) is 37.5 Å². The average molecular weight is 262 g/mol. The Bertz CT molecular complexity index is 540. The quantitative estimate of drug-likeness (QED) is 0.805. The van der Waals surface area contributed by atoms with Gasteiger partial charge in [-0.25, -0.2) is 4.79 Å². The Morgan fingerprint density at radius 3 is 2.74 bits per heavy atom. The molecule has 19 heavy (non-hydrogen) atoms. The van der Waals surface area contributed by atoms with Crippen molar-refractivity contribution >= 4 is 18.9 Å². The molecule has 0 aromatic heterocycles. The monoisotopic (exact) mass is 262 g/mol. The van der Waals surface area contributed by atoms with Gasteiger partial charge in [0, 0.05) is 12.2 Å². The van der Waals surface area contributed by atoms with E-state index in [1.54, 1.807) is 6.92 Å². The van der Waals surface area contributed by atoms with Gasteiger partial charge in [-0.1, -0.05) is 6.07 Å². The molecule has 5 nitrogen and oxygen atoms in total. The zero-order valence-corrected chi connectivity index (χ0v) is 10.8. The summed E-state index contributed by atoms with van der Waals surface area (Å²) in [5.41, 5.74) is 1.60. The van der Waals surface area contributed by atoms with E-state index in [0.29, 0.717) is 6.42 Å². The third-order valence-corrected chi connectivity index (χ3v) is 3.21. The Morgan fingerprint density at radius 1 is 1.47 bits per heavy atom. The molecule has 1 aliphatic heterocycles. The Labute approximate surface area is 111 Å². The Kier molecular flexibility index (Phi) is 3.62. The predicted octanol–water partition coefficient (Wildman–Crippen LogP) is 1.46. The summed E-state index contributed by atoms with van der Waals surface area (Å²) in [6, 6.07) is 3.35. The van der Waals surface area contributed by atoms with Crippen molar-refractivity contribution in [2.45, 2.75) is 32.5 Å². The highest BCUT2D eigenvalue weighted by Crippen LogP contribution is 2.37. The highest BCUT2D eigenvalue weighted by atomic mass is 16.5. The number of fused-ring (bicyclic) bond motifs is 1. The van der Waals surface area contributed by atoms with Crippen LogP contribution in [0.4, 0.5) is 0 Å². The van der Waals surface area contributed by atoms with Crippen LogP contribution < -0.4 is 4.65 Å². The van der Waals surface area contributed by atoms with Gasteiger partial charge >= 0.3 is 13.1 Å². The maximum absolute atomic E-state index is 11.2. The van der Waals surface area contributed by atoms with Crippen molar-refractivity contribution in [1.29, 1.82) is 0 Å². The summed E-state index contributed by atoms with van der Waals surface area (Å²) in [5, 5.41) is 19.0. The molecule has 0 fully saturated rings. The van der Waals surface area contributed by atoms with E-state index in [1.165, 1.54) is 13.0 Å². The van der Waals surface area contributed by atoms with E-state index in [0.717, 1.165) is 11.1 Å². The molecule has 1 aliphatic rings. The maximum Gasteiger partial charge on any atom is 0.526 e. The van der Waals surface area contributed by atoms with Gasteiger partial charge in [0.15, 0.2) is 0 Å². The van der Waals surface area contributed by atoms with E-state index in [1.807, 2.05) is 6.07 Å². The summed E-state index contributed by atoms with van der Waals surface area (Å²) in [6.45, 7) is 3.26. The van der Waals surface area contributed by atoms with Crippen LogP contribution >= 0.6 is 0 Å². The fourth-order valence-corrected chi connectivity index (χ4v) is 2.44. The second-order valence-electron chi connectivity index (χ2n) is 4.98. The van der Waals surface area contributed by atoms with Crippen LogP contribution in [0.15, 0.2) is 12.1 Å². The summed E-state index contributed by atoms with van der Waals surface area (Å²) >= 11 is 0. The fraction of sp³-hybridized carbons (Fsp3) is 0.385. The largest absolute Gasteiger partial charge is 0.535 e. The summed E-state index contributed by atoms with van der Waals surface area (Å²) in [4.78, 5) is 22.3. The van der Waals surface area contributed by atoms with Crippen molar-refractivity contribution in [2.75, 3.05) is 0 Å². The Balaban J connectivity index is 2.40. The molecule has 100 valence electrons. The van der Waals surface area contributed by atoms with Gasteiger partial charge in [0.25, 0.3) is 0 Å². The molecule has 1 aromatic rings. The van der Waals surface area contributed by atoms with E-state index in [2.05, 4.69) is 0 Å². The van der Waals surface area contributed by atoms with Crippen LogP contribution in [-0.2, 0) is 11.2 Å². The Hall–Kier alpha value is -1.82. The SMILES string of the molecule is CC(=O)C[C@H]1Cc2cc(C)cc(C(=O)O)c2OB1O. The first-order valence-corrected chi connectivity index (χ1v) is 6.09. The van der Waals surface area contributed by atoms with Crippen molar-refractivity contribution in [3.8, 4) is 5.75 Å². The van der Waals surface area contributed by atoms with E-state index >= 15 is 0 Å². The molecule has 2 rings (SSSR count). The second-order valence-corrected chi connectivity index (χ2v) is 4.98. The van der Waals surface area contributed by atoms with Crippen molar-refractivity contribution in [3.05, 3.63) is 28.8 Å². The topological polar surface area (TPSA) is 83.8 Å². The second kappa shape index (κ2) is 5.05. The van der Waals surface area contributed by atoms with Crippen LogP contribution in [0.25, 0.3) is 0 Å². The van der Waals surface area contributed by atoms with Crippen LogP contribution in [0, 0.1) is 6.92 Å². The molecule has 0 amide bonds. The number of hydrogen-bond acceptors (Lipinski definition) is 4. The fourth-order valence-electron chi connectivity index (χ4n) is 2.44. The lowest BCUT2D eigenvalue weighted by Crippen LogP contribution is -2.35. The molecule has 0 radical (unpaired) electrons.